The van der Waals surface area contributed by atoms with Crippen LogP contribution in [0.4, 0.5) is 13.2 Å². The number of hydrogen-bond acceptors (Lipinski definition) is 1. The lowest BCUT2D eigenvalue weighted by atomic mass is 9.68. The minimum Gasteiger partial charge on any atom is -0.286 e. The maximum Gasteiger partial charge on any atom is 0.417 e. The highest BCUT2D eigenvalue weighted by Crippen LogP contribution is 2.43. The van der Waals surface area contributed by atoms with Gasteiger partial charge in [0.05, 0.1) is 11.1 Å². The van der Waals surface area contributed by atoms with Crippen molar-refractivity contribution in [2.24, 2.45) is 4.99 Å². The lowest BCUT2D eigenvalue weighted by Crippen LogP contribution is -2.41. The summed E-state index contributed by atoms with van der Waals surface area (Å²) in [4.78, 5) is 4.30. The fraction of sp³-hybridized carbons (Fsp3) is 0.458. The summed E-state index contributed by atoms with van der Waals surface area (Å²) in [7, 11) is 0. The van der Waals surface area contributed by atoms with Gasteiger partial charge in [-0.3, -0.25) is 4.99 Å². The lowest BCUT2D eigenvalue weighted by Gasteiger charge is -2.40. The lowest BCUT2D eigenvalue weighted by molar-refractivity contribution is -0.0852. The van der Waals surface area contributed by atoms with Gasteiger partial charge >= 0.3 is 6.18 Å². The second kappa shape index (κ2) is 7.06. The third kappa shape index (κ3) is 4.16. The van der Waals surface area contributed by atoms with Crippen LogP contribution >= 0.6 is 0 Å². The number of fused-ring (bicyclic) bond motifs is 1. The van der Waals surface area contributed by atoms with Crippen LogP contribution in [0.3, 0.4) is 0 Å². The van der Waals surface area contributed by atoms with E-state index in [2.05, 4.69) is 56.6 Å². The first-order valence-electron chi connectivity index (χ1n) is 9.43. The van der Waals surface area contributed by atoms with Gasteiger partial charge in [-0.1, -0.05) is 77.6 Å². The fourth-order valence-electron chi connectivity index (χ4n) is 3.30. The van der Waals surface area contributed by atoms with E-state index in [0.717, 1.165) is 17.2 Å². The molecule has 0 bridgehead atoms. The van der Waals surface area contributed by atoms with Gasteiger partial charge < -0.3 is 0 Å². The van der Waals surface area contributed by atoms with Crippen molar-refractivity contribution >= 4 is 17.0 Å². The van der Waals surface area contributed by atoms with Crippen LogP contribution in [-0.4, -0.2) is 17.9 Å². The molecule has 2 rings (SSSR count). The maximum atomic E-state index is 12.8. The molecule has 0 saturated carbocycles. The fourth-order valence-corrected chi connectivity index (χ4v) is 3.30. The molecule has 0 aliphatic carbocycles. The van der Waals surface area contributed by atoms with Gasteiger partial charge in [0, 0.05) is 11.6 Å². The summed E-state index contributed by atoms with van der Waals surface area (Å²) in [5, 5.41) is 2.28. The van der Waals surface area contributed by atoms with Crippen LogP contribution in [0.15, 0.2) is 53.5 Å². The second-order valence-electron chi connectivity index (χ2n) is 9.42. The molecule has 1 nitrogen and oxygen atoms in total. The molecule has 2 aromatic rings. The van der Waals surface area contributed by atoms with E-state index in [9.17, 15) is 13.2 Å². The van der Waals surface area contributed by atoms with Crippen LogP contribution in [0.25, 0.3) is 10.8 Å². The average molecular weight is 390 g/mol. The largest absolute Gasteiger partial charge is 0.417 e. The van der Waals surface area contributed by atoms with Crippen molar-refractivity contribution < 1.29 is 13.2 Å². The minimum absolute atomic E-state index is 0.0135. The van der Waals surface area contributed by atoms with E-state index in [-0.39, 0.29) is 5.41 Å². The molecule has 2 aromatic carbocycles. The Bertz CT molecular complexity index is 910. The SMILES string of the molecule is C=C(C=NC(C)(C)C(C)(C)c1ccc(C(C)(C)C)c2ccccc12)C(F)(F)F. The van der Waals surface area contributed by atoms with Crippen molar-refractivity contribution in [2.75, 3.05) is 0 Å². The van der Waals surface area contributed by atoms with Crippen LogP contribution in [0.2, 0.25) is 0 Å². The number of halogens is 3. The predicted molar refractivity (Wildman–Crippen MR) is 113 cm³/mol. The van der Waals surface area contributed by atoms with Gasteiger partial charge in [0.1, 0.15) is 0 Å². The standard InChI is InChI=1S/C24H30F3N/c1-16(24(25,26)27)15-28-23(7,8)22(5,6)20-14-13-19(21(2,3)4)17-11-9-10-12-18(17)20/h9-15H,1H2,2-8H3. The Morgan fingerprint density at radius 1 is 0.821 bits per heavy atom. The van der Waals surface area contributed by atoms with E-state index in [4.69, 9.17) is 0 Å². The van der Waals surface area contributed by atoms with Crippen molar-refractivity contribution in [1.29, 1.82) is 0 Å². The number of aliphatic imine (C=N–C) groups is 1. The molecule has 0 spiro atoms. The van der Waals surface area contributed by atoms with Crippen LogP contribution in [0.5, 0.6) is 0 Å². The summed E-state index contributed by atoms with van der Waals surface area (Å²) >= 11 is 0. The smallest absolute Gasteiger partial charge is 0.286 e. The van der Waals surface area contributed by atoms with Crippen LogP contribution in [0.1, 0.15) is 59.6 Å². The number of nitrogens with zero attached hydrogens (tertiary/aromatic N) is 1. The first-order chi connectivity index (χ1) is 12.6. The first-order valence-corrected chi connectivity index (χ1v) is 9.43. The van der Waals surface area contributed by atoms with Gasteiger partial charge in [-0.2, -0.15) is 13.2 Å². The molecule has 152 valence electrons. The van der Waals surface area contributed by atoms with Gasteiger partial charge in [-0.15, -0.1) is 0 Å². The predicted octanol–water partition coefficient (Wildman–Crippen LogP) is 7.38. The Morgan fingerprint density at radius 3 is 1.75 bits per heavy atom. The Kier molecular flexibility index (Phi) is 5.59. The van der Waals surface area contributed by atoms with Gasteiger partial charge in [0.15, 0.2) is 0 Å². The number of benzene rings is 2. The molecular weight excluding hydrogens is 359 g/mol. The van der Waals surface area contributed by atoms with Gasteiger partial charge in [-0.05, 0) is 41.2 Å². The van der Waals surface area contributed by atoms with E-state index < -0.39 is 22.7 Å². The molecule has 0 aromatic heterocycles. The zero-order valence-electron chi connectivity index (χ0n) is 17.8. The zero-order chi connectivity index (χ0) is 21.5. The number of rotatable bonds is 4. The monoisotopic (exact) mass is 389 g/mol. The highest BCUT2D eigenvalue weighted by molar-refractivity contribution is 5.90. The van der Waals surface area contributed by atoms with Gasteiger partial charge in [-0.25, -0.2) is 0 Å². The van der Waals surface area contributed by atoms with Gasteiger partial charge in [0.25, 0.3) is 0 Å². The second-order valence-corrected chi connectivity index (χ2v) is 9.42. The number of alkyl halides is 3. The summed E-state index contributed by atoms with van der Waals surface area (Å²) < 4.78 is 38.5. The van der Waals surface area contributed by atoms with Gasteiger partial charge in [0.2, 0.25) is 0 Å². The van der Waals surface area contributed by atoms with E-state index in [1.54, 1.807) is 0 Å². The van der Waals surface area contributed by atoms with Crippen LogP contribution in [-0.2, 0) is 10.8 Å². The third-order valence-electron chi connectivity index (χ3n) is 5.84. The van der Waals surface area contributed by atoms with Crippen molar-refractivity contribution in [3.63, 3.8) is 0 Å². The topological polar surface area (TPSA) is 12.4 Å². The molecule has 28 heavy (non-hydrogen) atoms. The number of allylic oxidation sites excluding steroid dienone is 1. The normalized spacial score (nSPS) is 14.1. The Morgan fingerprint density at radius 2 is 1.29 bits per heavy atom. The summed E-state index contributed by atoms with van der Waals surface area (Å²) in [6.07, 6.45) is -3.61. The summed E-state index contributed by atoms with van der Waals surface area (Å²) in [6, 6.07) is 12.4. The van der Waals surface area contributed by atoms with Crippen molar-refractivity contribution in [3.05, 3.63) is 59.7 Å². The summed E-state index contributed by atoms with van der Waals surface area (Å²) in [6.45, 7) is 17.4. The quantitative estimate of drug-likeness (QED) is 0.484. The van der Waals surface area contributed by atoms with E-state index in [0.29, 0.717) is 0 Å². The maximum absolute atomic E-state index is 12.8. The summed E-state index contributed by atoms with van der Waals surface area (Å²) in [5.41, 5.74) is 0.0773. The van der Waals surface area contributed by atoms with Crippen LogP contribution in [0, 0.1) is 0 Å². The Labute approximate surface area is 166 Å². The molecule has 0 heterocycles. The molecular formula is C24H30F3N. The van der Waals surface area contributed by atoms with Crippen LogP contribution < -0.4 is 0 Å². The Hall–Kier alpha value is -2.10. The molecule has 0 N–H and O–H groups in total. The van der Waals surface area contributed by atoms with E-state index in [1.807, 2.05) is 39.8 Å². The van der Waals surface area contributed by atoms with Crippen molar-refractivity contribution in [2.45, 2.75) is 71.0 Å². The molecule has 0 amide bonds. The molecule has 0 saturated heterocycles. The first kappa shape index (κ1) is 22.2. The highest BCUT2D eigenvalue weighted by atomic mass is 19.4. The molecule has 0 aliphatic rings. The summed E-state index contributed by atoms with van der Waals surface area (Å²) in [5.74, 6) is 0. The highest BCUT2D eigenvalue weighted by Gasteiger charge is 2.40. The molecule has 0 unspecified atom stereocenters. The Balaban J connectivity index is 2.61. The molecule has 4 heteroatoms. The molecule has 0 radical (unpaired) electrons. The number of hydrogen-bond donors (Lipinski definition) is 0. The molecule has 0 atom stereocenters. The van der Waals surface area contributed by atoms with E-state index in [1.165, 1.54) is 10.9 Å². The van der Waals surface area contributed by atoms with Crippen molar-refractivity contribution in [1.82, 2.24) is 0 Å². The third-order valence-corrected chi connectivity index (χ3v) is 5.84. The zero-order valence-corrected chi connectivity index (χ0v) is 17.8. The molecule has 0 fully saturated rings. The van der Waals surface area contributed by atoms with Crippen molar-refractivity contribution in [3.8, 4) is 0 Å². The molecule has 0 aliphatic heterocycles. The van der Waals surface area contributed by atoms with E-state index >= 15 is 0 Å². The average Bonchev–Trinajstić information content (AvgIpc) is 2.56. The minimum atomic E-state index is -4.47.